The molecular weight excluding hydrogens is 276 g/mol. The SMILES string of the molecule is O=C(OP(=O)(O)OP(=O)(O)O)c1cccnc1. The average Bonchev–Trinajstić information content (AvgIpc) is 2.14. The zero-order valence-corrected chi connectivity index (χ0v) is 9.82. The molecule has 0 aliphatic carbocycles. The van der Waals surface area contributed by atoms with Crippen LogP contribution in [0.15, 0.2) is 24.5 Å². The van der Waals surface area contributed by atoms with Crippen molar-refractivity contribution < 1.29 is 37.4 Å². The minimum atomic E-state index is -5.24. The Morgan fingerprint density at radius 1 is 1.29 bits per heavy atom. The van der Waals surface area contributed by atoms with Gasteiger partial charge in [-0.15, -0.1) is 0 Å². The zero-order chi connectivity index (χ0) is 13.1. The summed E-state index contributed by atoms with van der Waals surface area (Å²) in [7, 11) is -10.4. The Hall–Kier alpha value is -1.08. The summed E-state index contributed by atoms with van der Waals surface area (Å²) < 4.78 is 28.6. The van der Waals surface area contributed by atoms with E-state index in [1.165, 1.54) is 18.3 Å². The van der Waals surface area contributed by atoms with Crippen LogP contribution in [0.2, 0.25) is 0 Å². The number of carbonyl (C=O) groups excluding carboxylic acids is 1. The molecule has 0 radical (unpaired) electrons. The summed E-state index contributed by atoms with van der Waals surface area (Å²) in [6.45, 7) is 0. The van der Waals surface area contributed by atoms with Crippen molar-refractivity contribution in [1.29, 1.82) is 0 Å². The summed E-state index contributed by atoms with van der Waals surface area (Å²) in [4.78, 5) is 40.2. The molecule has 1 rings (SSSR count). The Bertz CT molecular complexity index is 496. The lowest BCUT2D eigenvalue weighted by Crippen LogP contribution is -2.04. The Morgan fingerprint density at radius 3 is 2.41 bits per heavy atom. The fraction of sp³-hybridized carbons (Fsp3) is 0. The Balaban J connectivity index is 2.76. The van der Waals surface area contributed by atoms with Crippen LogP contribution in [-0.2, 0) is 18.0 Å². The van der Waals surface area contributed by atoms with Crippen LogP contribution in [0.1, 0.15) is 10.4 Å². The normalized spacial score (nSPS) is 15.0. The number of hydrogen-bond donors (Lipinski definition) is 3. The molecule has 0 amide bonds. The number of nitrogens with zero attached hydrogens (tertiary/aromatic N) is 1. The Morgan fingerprint density at radius 2 is 1.94 bits per heavy atom. The summed E-state index contributed by atoms with van der Waals surface area (Å²) in [5.41, 5.74) is -0.170. The van der Waals surface area contributed by atoms with E-state index in [4.69, 9.17) is 14.7 Å². The lowest BCUT2D eigenvalue weighted by molar-refractivity contribution is 0.0676. The first-order chi connectivity index (χ1) is 7.70. The lowest BCUT2D eigenvalue weighted by atomic mass is 10.3. The number of phosphoric ester groups is 1. The Labute approximate surface area is 94.9 Å². The number of phosphoric acid groups is 2. The molecule has 0 fully saturated rings. The third-order valence-electron chi connectivity index (χ3n) is 1.31. The fourth-order valence-corrected chi connectivity index (χ4v) is 2.32. The largest absolute Gasteiger partial charge is 0.538 e. The van der Waals surface area contributed by atoms with E-state index in [1.807, 2.05) is 0 Å². The zero-order valence-electron chi connectivity index (χ0n) is 8.03. The number of rotatable bonds is 4. The molecule has 1 heterocycles. The fourth-order valence-electron chi connectivity index (χ4n) is 0.792. The van der Waals surface area contributed by atoms with E-state index < -0.39 is 21.6 Å². The Kier molecular flexibility index (Phi) is 4.16. The molecule has 0 aliphatic rings. The predicted molar refractivity (Wildman–Crippen MR) is 52.6 cm³/mol. The van der Waals surface area contributed by atoms with Crippen LogP contribution in [0.3, 0.4) is 0 Å². The van der Waals surface area contributed by atoms with Gasteiger partial charge in [-0.05, 0) is 12.1 Å². The van der Waals surface area contributed by atoms with Gasteiger partial charge in [0.15, 0.2) is 0 Å². The molecule has 94 valence electrons. The van der Waals surface area contributed by atoms with Crippen LogP contribution in [-0.4, -0.2) is 25.6 Å². The van der Waals surface area contributed by atoms with Crippen LogP contribution in [0.25, 0.3) is 0 Å². The van der Waals surface area contributed by atoms with Crippen molar-refractivity contribution in [2.45, 2.75) is 0 Å². The topological polar surface area (TPSA) is 143 Å². The minimum Gasteiger partial charge on any atom is -0.366 e. The van der Waals surface area contributed by atoms with Gasteiger partial charge in [-0.1, -0.05) is 0 Å². The molecule has 0 aliphatic heterocycles. The second-order valence-corrected chi connectivity index (χ2v) is 5.42. The third-order valence-corrected chi connectivity index (χ3v) is 3.38. The molecule has 1 aromatic heterocycles. The van der Waals surface area contributed by atoms with E-state index in [-0.39, 0.29) is 5.56 Å². The molecule has 3 N–H and O–H groups in total. The van der Waals surface area contributed by atoms with Crippen LogP contribution >= 0.6 is 15.6 Å². The first-order valence-electron chi connectivity index (χ1n) is 3.93. The van der Waals surface area contributed by atoms with Crippen LogP contribution in [0, 0.1) is 0 Å². The molecule has 0 aromatic carbocycles. The number of aromatic nitrogens is 1. The van der Waals surface area contributed by atoms with Crippen molar-refractivity contribution in [2.24, 2.45) is 0 Å². The van der Waals surface area contributed by atoms with Gasteiger partial charge in [-0.25, -0.2) is 13.9 Å². The van der Waals surface area contributed by atoms with Crippen molar-refractivity contribution in [3.8, 4) is 0 Å². The molecule has 1 aromatic rings. The molecule has 11 heteroatoms. The molecule has 0 saturated carbocycles. The highest BCUT2D eigenvalue weighted by molar-refractivity contribution is 7.61. The summed E-state index contributed by atoms with van der Waals surface area (Å²) in [6.07, 6.45) is 2.39. The van der Waals surface area contributed by atoms with E-state index in [0.717, 1.165) is 6.20 Å². The highest BCUT2D eigenvalue weighted by Crippen LogP contribution is 2.57. The number of hydrogen-bond acceptors (Lipinski definition) is 6. The maximum Gasteiger partial charge on any atom is 0.538 e. The van der Waals surface area contributed by atoms with Gasteiger partial charge in [-0.2, -0.15) is 4.31 Å². The lowest BCUT2D eigenvalue weighted by Gasteiger charge is -2.11. The molecule has 0 bridgehead atoms. The maximum absolute atomic E-state index is 11.2. The maximum atomic E-state index is 11.2. The monoisotopic (exact) mass is 283 g/mol. The molecule has 1 unspecified atom stereocenters. The van der Waals surface area contributed by atoms with Gasteiger partial charge in [0.1, 0.15) is 0 Å². The number of carbonyl (C=O) groups is 1. The average molecular weight is 283 g/mol. The van der Waals surface area contributed by atoms with Crippen molar-refractivity contribution in [3.05, 3.63) is 30.1 Å². The van der Waals surface area contributed by atoms with E-state index in [0.29, 0.717) is 0 Å². The van der Waals surface area contributed by atoms with Crippen LogP contribution in [0.4, 0.5) is 0 Å². The molecule has 9 nitrogen and oxygen atoms in total. The minimum absolute atomic E-state index is 0.170. The predicted octanol–water partition coefficient (Wildman–Crippen LogP) is 0.448. The van der Waals surface area contributed by atoms with Crippen molar-refractivity contribution in [2.75, 3.05) is 0 Å². The summed E-state index contributed by atoms with van der Waals surface area (Å²) in [6, 6.07) is 2.59. The van der Waals surface area contributed by atoms with E-state index in [1.54, 1.807) is 0 Å². The van der Waals surface area contributed by atoms with Gasteiger partial charge in [0.25, 0.3) is 0 Å². The van der Waals surface area contributed by atoms with E-state index in [2.05, 4.69) is 13.8 Å². The van der Waals surface area contributed by atoms with Gasteiger partial charge < -0.3 is 14.3 Å². The second-order valence-electron chi connectivity index (χ2n) is 2.66. The molecule has 1 atom stereocenters. The van der Waals surface area contributed by atoms with Crippen molar-refractivity contribution in [1.82, 2.24) is 4.98 Å². The second kappa shape index (κ2) is 5.05. The third kappa shape index (κ3) is 5.18. The van der Waals surface area contributed by atoms with Gasteiger partial charge in [0.2, 0.25) is 0 Å². The molecular formula is C6H7NO8P2. The van der Waals surface area contributed by atoms with E-state index in [9.17, 15) is 13.9 Å². The first kappa shape index (κ1) is 14.0. The van der Waals surface area contributed by atoms with Gasteiger partial charge >= 0.3 is 21.6 Å². The van der Waals surface area contributed by atoms with E-state index >= 15 is 0 Å². The van der Waals surface area contributed by atoms with Crippen molar-refractivity contribution in [3.63, 3.8) is 0 Å². The molecule has 0 spiro atoms. The summed E-state index contributed by atoms with van der Waals surface area (Å²) >= 11 is 0. The van der Waals surface area contributed by atoms with Crippen LogP contribution < -0.4 is 0 Å². The quantitative estimate of drug-likeness (QED) is 0.670. The highest BCUT2D eigenvalue weighted by Gasteiger charge is 2.35. The summed E-state index contributed by atoms with van der Waals surface area (Å²) in [5.74, 6) is -1.29. The standard InChI is InChI=1S/C6H7NO8P2/c8-6(5-2-1-3-7-4-5)14-17(12,13)15-16(9,10)11/h1-4H,(H,12,13)(H2,9,10,11). The highest BCUT2D eigenvalue weighted by atomic mass is 31.3. The van der Waals surface area contributed by atoms with Gasteiger partial charge in [0.05, 0.1) is 5.56 Å². The molecule has 0 saturated heterocycles. The molecule has 17 heavy (non-hydrogen) atoms. The summed E-state index contributed by atoms with van der Waals surface area (Å²) in [5, 5.41) is 0. The van der Waals surface area contributed by atoms with Gasteiger partial charge in [0, 0.05) is 12.4 Å². The smallest absolute Gasteiger partial charge is 0.366 e. The van der Waals surface area contributed by atoms with Crippen molar-refractivity contribution >= 4 is 21.6 Å². The van der Waals surface area contributed by atoms with Crippen LogP contribution in [0.5, 0.6) is 0 Å². The number of pyridine rings is 1. The first-order valence-corrected chi connectivity index (χ1v) is 6.96. The van der Waals surface area contributed by atoms with Gasteiger partial charge in [-0.3, -0.25) is 9.88 Å².